The summed E-state index contributed by atoms with van der Waals surface area (Å²) < 4.78 is 26.0. The molecule has 1 aromatic rings. The Kier molecular flexibility index (Phi) is 10.9. The van der Waals surface area contributed by atoms with E-state index < -0.39 is 17.6 Å². The number of carbonyl (C=O) groups is 3. The van der Waals surface area contributed by atoms with Crippen LogP contribution >= 0.6 is 0 Å². The van der Waals surface area contributed by atoms with Crippen molar-refractivity contribution in [2.45, 2.75) is 103 Å². The third-order valence-electron chi connectivity index (χ3n) is 7.19. The number of ether oxygens (including phenoxy) is 2. The monoisotopic (exact) mass is 533 g/mol. The average Bonchev–Trinajstić information content (AvgIpc) is 2.85. The van der Waals surface area contributed by atoms with Crippen molar-refractivity contribution < 1.29 is 28.2 Å². The van der Waals surface area contributed by atoms with Gasteiger partial charge in [-0.2, -0.15) is 0 Å². The van der Waals surface area contributed by atoms with E-state index in [-0.39, 0.29) is 30.0 Å². The van der Waals surface area contributed by atoms with Crippen molar-refractivity contribution in [1.82, 2.24) is 10.2 Å². The Morgan fingerprint density at radius 1 is 1.08 bits per heavy atom. The molecule has 9 heteroatoms. The Labute approximate surface area is 226 Å². The fourth-order valence-corrected chi connectivity index (χ4v) is 5.18. The number of halogens is 1. The van der Waals surface area contributed by atoms with Crippen LogP contribution < -0.4 is 15.4 Å². The van der Waals surface area contributed by atoms with Gasteiger partial charge >= 0.3 is 5.97 Å². The zero-order valence-electron chi connectivity index (χ0n) is 23.4. The molecule has 0 spiro atoms. The van der Waals surface area contributed by atoms with Crippen molar-refractivity contribution in [3.05, 3.63) is 23.5 Å². The molecule has 2 fully saturated rings. The Bertz CT molecular complexity index is 970. The number of benzene rings is 1. The third-order valence-corrected chi connectivity index (χ3v) is 7.19. The highest BCUT2D eigenvalue weighted by molar-refractivity contribution is 6.01. The molecule has 0 bridgehead atoms. The number of anilines is 1. The number of hydrogen-bond donors (Lipinski definition) is 2. The molecule has 0 aliphatic carbocycles. The van der Waals surface area contributed by atoms with E-state index in [9.17, 15) is 14.4 Å². The maximum Gasteiger partial charge on any atom is 0.306 e. The van der Waals surface area contributed by atoms with Crippen LogP contribution in [0.4, 0.5) is 10.1 Å². The van der Waals surface area contributed by atoms with Gasteiger partial charge in [-0.1, -0.05) is 19.3 Å². The van der Waals surface area contributed by atoms with Gasteiger partial charge in [0.2, 0.25) is 11.8 Å². The fourth-order valence-electron chi connectivity index (χ4n) is 5.18. The van der Waals surface area contributed by atoms with Gasteiger partial charge in [-0.15, -0.1) is 0 Å². The van der Waals surface area contributed by atoms with Crippen LogP contribution in [0.1, 0.15) is 96.5 Å². The van der Waals surface area contributed by atoms with E-state index in [0.29, 0.717) is 29.8 Å². The smallest absolute Gasteiger partial charge is 0.306 e. The minimum atomic E-state index is -0.597. The van der Waals surface area contributed by atoms with Gasteiger partial charge in [0.25, 0.3) is 0 Å². The average molecular weight is 534 g/mol. The second-order valence-electron chi connectivity index (χ2n) is 11.4. The summed E-state index contributed by atoms with van der Waals surface area (Å²) in [4.78, 5) is 37.7. The number of unbranched alkanes of at least 4 members (excludes halogenated alkanes) is 4. The summed E-state index contributed by atoms with van der Waals surface area (Å²) in [7, 11) is 1.53. The Hall–Kier alpha value is -2.68. The highest BCUT2D eigenvalue weighted by Gasteiger charge is 2.29. The van der Waals surface area contributed by atoms with Gasteiger partial charge in [0.15, 0.2) is 0 Å². The first-order chi connectivity index (χ1) is 18.1. The molecule has 2 aliphatic heterocycles. The van der Waals surface area contributed by atoms with Crippen LogP contribution in [-0.2, 0) is 19.1 Å². The summed E-state index contributed by atoms with van der Waals surface area (Å²) in [5.74, 6) is -0.484. The van der Waals surface area contributed by atoms with Gasteiger partial charge < -0.3 is 19.7 Å². The van der Waals surface area contributed by atoms with Crippen LogP contribution in [0.25, 0.3) is 0 Å². The number of hydrogen-bond acceptors (Lipinski definition) is 7. The van der Waals surface area contributed by atoms with Crippen molar-refractivity contribution in [3.63, 3.8) is 0 Å². The maximum atomic E-state index is 15.1. The largest absolute Gasteiger partial charge is 0.495 e. The molecular formula is C29H44FN3O5. The number of likely N-dealkylation sites (tertiary alicyclic amines) is 1. The van der Waals surface area contributed by atoms with Gasteiger partial charge in [-0.25, -0.2) is 4.39 Å². The van der Waals surface area contributed by atoms with Crippen molar-refractivity contribution in [2.75, 3.05) is 32.1 Å². The molecule has 2 amide bonds. The first-order valence-electron chi connectivity index (χ1n) is 14.0. The maximum absolute atomic E-state index is 15.1. The minimum absolute atomic E-state index is 0.116. The van der Waals surface area contributed by atoms with Crippen LogP contribution in [-0.4, -0.2) is 61.1 Å². The number of amides is 2. The van der Waals surface area contributed by atoms with Gasteiger partial charge in [0.1, 0.15) is 23.2 Å². The molecule has 0 saturated carbocycles. The molecule has 1 atom stereocenters. The number of imide groups is 1. The predicted molar refractivity (Wildman–Crippen MR) is 145 cm³/mol. The first-order valence-corrected chi connectivity index (χ1v) is 14.0. The zero-order valence-corrected chi connectivity index (χ0v) is 23.4. The lowest BCUT2D eigenvalue weighted by Gasteiger charge is -2.32. The topological polar surface area (TPSA) is 97.0 Å². The van der Waals surface area contributed by atoms with E-state index in [2.05, 4.69) is 15.5 Å². The van der Waals surface area contributed by atoms with Crippen molar-refractivity contribution in [3.8, 4) is 5.75 Å². The molecule has 1 unspecified atom stereocenters. The highest BCUT2D eigenvalue weighted by atomic mass is 19.1. The van der Waals surface area contributed by atoms with E-state index >= 15 is 4.39 Å². The molecule has 212 valence electrons. The van der Waals surface area contributed by atoms with Crippen LogP contribution in [0.2, 0.25) is 0 Å². The van der Waals surface area contributed by atoms with Gasteiger partial charge in [-0.3, -0.25) is 19.7 Å². The van der Waals surface area contributed by atoms with Gasteiger partial charge in [0.05, 0.1) is 12.8 Å². The van der Waals surface area contributed by atoms with Crippen LogP contribution in [0, 0.1) is 5.82 Å². The van der Waals surface area contributed by atoms with E-state index in [1.165, 1.54) is 13.2 Å². The van der Waals surface area contributed by atoms with Gasteiger partial charge in [0, 0.05) is 18.9 Å². The summed E-state index contributed by atoms with van der Waals surface area (Å²) in [6.07, 6.45) is 8.16. The molecule has 0 aromatic heterocycles. The molecule has 2 aliphatic rings. The summed E-state index contributed by atoms with van der Waals surface area (Å²) in [6.45, 7) is 8.57. The number of esters is 1. The van der Waals surface area contributed by atoms with Crippen molar-refractivity contribution in [1.29, 1.82) is 0 Å². The lowest BCUT2D eigenvalue weighted by molar-refractivity contribution is -0.155. The SMILES string of the molecule is COc1cc(C2CCN(CCCCCCCC(=O)OC(C)(C)C)CC2)c(F)cc1NC1CCC(=O)NC1=O. The second kappa shape index (κ2) is 13.9. The first kappa shape index (κ1) is 29.9. The summed E-state index contributed by atoms with van der Waals surface area (Å²) in [5, 5.41) is 5.35. The number of nitrogens with one attached hydrogen (secondary N) is 2. The molecular weight excluding hydrogens is 489 g/mol. The number of methoxy groups -OCH3 is 1. The lowest BCUT2D eigenvalue weighted by atomic mass is 9.88. The predicted octanol–water partition coefficient (Wildman–Crippen LogP) is 4.91. The van der Waals surface area contributed by atoms with E-state index in [0.717, 1.165) is 64.6 Å². The summed E-state index contributed by atoms with van der Waals surface area (Å²) in [5.41, 5.74) is 0.660. The standard InChI is InChI=1S/C29H44FN3O5/c1-29(2,3)38-27(35)10-8-6-5-7-9-15-33-16-13-20(14-17-33)21-18-25(37-4)24(19-22(21)30)31-23-11-12-26(34)32-28(23)36/h18-20,23,31H,5-17H2,1-4H3,(H,32,34,36). The number of rotatable bonds is 12. The molecule has 8 nitrogen and oxygen atoms in total. The van der Waals surface area contributed by atoms with Gasteiger partial charge in [-0.05, 0) is 90.1 Å². The number of piperidine rings is 2. The Balaban J connectivity index is 1.39. The lowest BCUT2D eigenvalue weighted by Crippen LogP contribution is -2.47. The molecule has 2 saturated heterocycles. The van der Waals surface area contributed by atoms with E-state index in [4.69, 9.17) is 9.47 Å². The third kappa shape index (κ3) is 9.26. The van der Waals surface area contributed by atoms with Crippen molar-refractivity contribution in [2.24, 2.45) is 0 Å². The fraction of sp³-hybridized carbons (Fsp3) is 0.690. The van der Waals surface area contributed by atoms with E-state index in [1.807, 2.05) is 20.8 Å². The molecule has 38 heavy (non-hydrogen) atoms. The summed E-state index contributed by atoms with van der Waals surface area (Å²) in [6, 6.07) is 2.56. The normalized spacial score (nSPS) is 19.2. The van der Waals surface area contributed by atoms with Crippen LogP contribution in [0.15, 0.2) is 12.1 Å². The Morgan fingerprint density at radius 3 is 2.42 bits per heavy atom. The zero-order chi connectivity index (χ0) is 27.7. The Morgan fingerprint density at radius 2 is 1.76 bits per heavy atom. The second-order valence-corrected chi connectivity index (χ2v) is 11.4. The minimum Gasteiger partial charge on any atom is -0.495 e. The van der Waals surface area contributed by atoms with Crippen LogP contribution in [0.5, 0.6) is 5.75 Å². The quantitative estimate of drug-likeness (QED) is 0.224. The summed E-state index contributed by atoms with van der Waals surface area (Å²) >= 11 is 0. The number of nitrogens with zero attached hydrogens (tertiary/aromatic N) is 1. The van der Waals surface area contributed by atoms with Crippen LogP contribution in [0.3, 0.4) is 0 Å². The number of carbonyl (C=O) groups excluding carboxylic acids is 3. The molecule has 3 rings (SSSR count). The van der Waals surface area contributed by atoms with E-state index in [1.54, 1.807) is 6.07 Å². The molecule has 2 N–H and O–H groups in total. The van der Waals surface area contributed by atoms with Crippen molar-refractivity contribution >= 4 is 23.5 Å². The molecule has 2 heterocycles. The molecule has 0 radical (unpaired) electrons. The highest BCUT2D eigenvalue weighted by Crippen LogP contribution is 2.36. The molecule has 1 aromatic carbocycles.